The molecular formula is C15H22N4O. The average Bonchev–Trinajstić information content (AvgIpc) is 2.77. The number of hydrogen-bond acceptors (Lipinski definition) is 4. The predicted molar refractivity (Wildman–Crippen MR) is 78.6 cm³/mol. The van der Waals surface area contributed by atoms with E-state index in [0.717, 1.165) is 29.5 Å². The van der Waals surface area contributed by atoms with E-state index in [-0.39, 0.29) is 6.04 Å². The lowest BCUT2D eigenvalue weighted by Gasteiger charge is -2.17. The third-order valence-electron chi connectivity index (χ3n) is 3.44. The van der Waals surface area contributed by atoms with Gasteiger partial charge in [-0.1, -0.05) is 25.1 Å². The second-order valence-corrected chi connectivity index (χ2v) is 4.83. The molecule has 0 saturated carbocycles. The molecule has 0 spiro atoms. The summed E-state index contributed by atoms with van der Waals surface area (Å²) in [5.41, 5.74) is 1.16. The lowest BCUT2D eigenvalue weighted by atomic mass is 10.1. The van der Waals surface area contributed by atoms with Gasteiger partial charge in [0, 0.05) is 18.7 Å². The zero-order valence-corrected chi connectivity index (χ0v) is 12.6. The number of nitrogens with one attached hydrogen (secondary N) is 1. The molecular weight excluding hydrogens is 252 g/mol. The number of aromatic nitrogens is 3. The summed E-state index contributed by atoms with van der Waals surface area (Å²) in [7, 11) is 1.95. The predicted octanol–water partition coefficient (Wildman–Crippen LogP) is 2.37. The minimum absolute atomic E-state index is 0.262. The van der Waals surface area contributed by atoms with Crippen molar-refractivity contribution in [3.63, 3.8) is 0 Å². The lowest BCUT2D eigenvalue weighted by Crippen LogP contribution is -2.18. The monoisotopic (exact) mass is 274 g/mol. The van der Waals surface area contributed by atoms with Gasteiger partial charge < -0.3 is 14.6 Å². The summed E-state index contributed by atoms with van der Waals surface area (Å²) < 4.78 is 7.86. The number of nitrogens with zero attached hydrogens (tertiary/aromatic N) is 3. The Bertz CT molecular complexity index is 565. The second kappa shape index (κ2) is 6.52. The molecule has 5 heteroatoms. The Kier molecular flexibility index (Phi) is 4.74. The van der Waals surface area contributed by atoms with E-state index in [9.17, 15) is 0 Å². The van der Waals surface area contributed by atoms with Gasteiger partial charge in [0.15, 0.2) is 5.82 Å². The van der Waals surface area contributed by atoms with Crippen LogP contribution in [0.1, 0.15) is 37.1 Å². The van der Waals surface area contributed by atoms with Crippen molar-refractivity contribution in [3.05, 3.63) is 41.5 Å². The molecule has 20 heavy (non-hydrogen) atoms. The Morgan fingerprint density at radius 1 is 1.30 bits per heavy atom. The number of rotatable bonds is 6. The molecule has 1 N–H and O–H groups in total. The number of aryl methyl sites for hydroxylation is 1. The quantitative estimate of drug-likeness (QED) is 0.878. The number of para-hydroxylation sites is 1. The van der Waals surface area contributed by atoms with Crippen molar-refractivity contribution >= 4 is 0 Å². The van der Waals surface area contributed by atoms with Crippen LogP contribution in [0, 0.1) is 6.92 Å². The van der Waals surface area contributed by atoms with Gasteiger partial charge in [0.05, 0.1) is 0 Å². The van der Waals surface area contributed by atoms with Gasteiger partial charge in [0.2, 0.25) is 0 Å². The third kappa shape index (κ3) is 3.17. The first kappa shape index (κ1) is 14.5. The van der Waals surface area contributed by atoms with E-state index in [0.29, 0.717) is 6.61 Å². The van der Waals surface area contributed by atoms with E-state index in [2.05, 4.69) is 35.4 Å². The van der Waals surface area contributed by atoms with E-state index in [1.165, 1.54) is 0 Å². The first-order valence-electron chi connectivity index (χ1n) is 6.93. The van der Waals surface area contributed by atoms with Crippen molar-refractivity contribution in [2.45, 2.75) is 33.4 Å². The van der Waals surface area contributed by atoms with Gasteiger partial charge in [0.25, 0.3) is 0 Å². The van der Waals surface area contributed by atoms with E-state index >= 15 is 0 Å². The van der Waals surface area contributed by atoms with Crippen LogP contribution < -0.4 is 10.1 Å². The lowest BCUT2D eigenvalue weighted by molar-refractivity contribution is 0.285. The largest absolute Gasteiger partial charge is 0.485 e. The van der Waals surface area contributed by atoms with Crippen LogP contribution in [-0.2, 0) is 13.7 Å². The molecule has 1 aromatic carbocycles. The van der Waals surface area contributed by atoms with E-state index in [1.807, 2.05) is 36.7 Å². The highest BCUT2D eigenvalue weighted by atomic mass is 16.5. The maximum absolute atomic E-state index is 5.92. The Hall–Kier alpha value is -1.88. The van der Waals surface area contributed by atoms with Gasteiger partial charge in [-0.15, -0.1) is 10.2 Å². The van der Waals surface area contributed by atoms with Crippen LogP contribution in [0.15, 0.2) is 24.3 Å². The van der Waals surface area contributed by atoms with Gasteiger partial charge in [-0.3, -0.25) is 0 Å². The van der Waals surface area contributed by atoms with Gasteiger partial charge in [-0.25, -0.2) is 0 Å². The minimum atomic E-state index is 0.262. The molecule has 0 saturated heterocycles. The van der Waals surface area contributed by atoms with Gasteiger partial charge in [0.1, 0.15) is 18.2 Å². The highest BCUT2D eigenvalue weighted by Crippen LogP contribution is 2.25. The molecule has 0 aliphatic carbocycles. The van der Waals surface area contributed by atoms with Crippen molar-refractivity contribution in [3.8, 4) is 5.75 Å². The summed E-state index contributed by atoms with van der Waals surface area (Å²) in [6, 6.07) is 8.36. The van der Waals surface area contributed by atoms with Crippen LogP contribution in [0.4, 0.5) is 0 Å². The van der Waals surface area contributed by atoms with Crippen LogP contribution in [-0.4, -0.2) is 21.3 Å². The molecule has 108 valence electrons. The Balaban J connectivity index is 2.11. The summed E-state index contributed by atoms with van der Waals surface area (Å²) >= 11 is 0. The van der Waals surface area contributed by atoms with E-state index in [4.69, 9.17) is 4.74 Å². The fraction of sp³-hybridized carbons (Fsp3) is 0.467. The average molecular weight is 274 g/mol. The van der Waals surface area contributed by atoms with Crippen LogP contribution >= 0.6 is 0 Å². The molecule has 0 aliphatic heterocycles. The smallest absolute Gasteiger partial charge is 0.170 e. The normalized spacial score (nSPS) is 12.4. The van der Waals surface area contributed by atoms with Gasteiger partial charge in [-0.2, -0.15) is 0 Å². The van der Waals surface area contributed by atoms with Gasteiger partial charge >= 0.3 is 0 Å². The fourth-order valence-electron chi connectivity index (χ4n) is 2.10. The molecule has 0 bridgehead atoms. The molecule has 2 aromatic rings. The van der Waals surface area contributed by atoms with Crippen molar-refractivity contribution in [1.82, 2.24) is 20.1 Å². The summed E-state index contributed by atoms with van der Waals surface area (Å²) in [5.74, 6) is 2.60. The SMILES string of the molecule is CCNC(C)c1ccccc1OCc1nnc(C)n1C. The molecule has 0 fully saturated rings. The third-order valence-corrected chi connectivity index (χ3v) is 3.44. The zero-order valence-electron chi connectivity index (χ0n) is 12.6. The van der Waals surface area contributed by atoms with Crippen LogP contribution in [0.5, 0.6) is 5.75 Å². The molecule has 1 aromatic heterocycles. The molecule has 5 nitrogen and oxygen atoms in total. The first-order chi connectivity index (χ1) is 9.63. The minimum Gasteiger partial charge on any atom is -0.485 e. The van der Waals surface area contributed by atoms with Crippen molar-refractivity contribution in [1.29, 1.82) is 0 Å². The van der Waals surface area contributed by atoms with Gasteiger partial charge in [-0.05, 0) is 26.5 Å². The second-order valence-electron chi connectivity index (χ2n) is 4.83. The van der Waals surface area contributed by atoms with Crippen molar-refractivity contribution in [2.24, 2.45) is 7.05 Å². The molecule has 1 unspecified atom stereocenters. The highest BCUT2D eigenvalue weighted by molar-refractivity contribution is 5.35. The summed E-state index contributed by atoms with van der Waals surface area (Å²) in [6.45, 7) is 7.52. The summed E-state index contributed by atoms with van der Waals surface area (Å²) in [4.78, 5) is 0. The van der Waals surface area contributed by atoms with Crippen LogP contribution in [0.2, 0.25) is 0 Å². The Morgan fingerprint density at radius 2 is 2.05 bits per heavy atom. The van der Waals surface area contributed by atoms with E-state index in [1.54, 1.807) is 0 Å². The molecule has 0 aliphatic rings. The van der Waals surface area contributed by atoms with Crippen molar-refractivity contribution < 1.29 is 4.74 Å². The Labute approximate surface area is 120 Å². The maximum Gasteiger partial charge on any atom is 0.170 e. The van der Waals surface area contributed by atoms with E-state index < -0.39 is 0 Å². The molecule has 2 rings (SSSR count). The van der Waals surface area contributed by atoms with Crippen LogP contribution in [0.3, 0.4) is 0 Å². The molecule has 1 atom stereocenters. The Morgan fingerprint density at radius 3 is 2.70 bits per heavy atom. The summed E-state index contributed by atoms with van der Waals surface area (Å²) in [6.07, 6.45) is 0. The number of ether oxygens (including phenoxy) is 1. The highest BCUT2D eigenvalue weighted by Gasteiger charge is 2.11. The molecule has 0 radical (unpaired) electrons. The standard InChI is InChI=1S/C15H22N4O/c1-5-16-11(2)13-8-6-7-9-14(13)20-10-15-18-17-12(3)19(15)4/h6-9,11,16H,5,10H2,1-4H3. The number of hydrogen-bond donors (Lipinski definition) is 1. The zero-order chi connectivity index (χ0) is 14.5. The number of benzene rings is 1. The van der Waals surface area contributed by atoms with Crippen molar-refractivity contribution in [2.75, 3.05) is 6.54 Å². The molecule has 1 heterocycles. The maximum atomic E-state index is 5.92. The fourth-order valence-corrected chi connectivity index (χ4v) is 2.10. The van der Waals surface area contributed by atoms with Crippen LogP contribution in [0.25, 0.3) is 0 Å². The topological polar surface area (TPSA) is 52.0 Å². The summed E-state index contributed by atoms with van der Waals surface area (Å²) in [5, 5.41) is 11.6. The molecule has 0 amide bonds. The first-order valence-corrected chi connectivity index (χ1v) is 6.93.